The van der Waals surface area contributed by atoms with Crippen LogP contribution >= 0.6 is 0 Å². The number of hydrogen-bond donors (Lipinski definition) is 0. The van der Waals surface area contributed by atoms with Gasteiger partial charge in [-0.25, -0.2) is 0 Å². The Bertz CT molecular complexity index is 338. The fourth-order valence-corrected chi connectivity index (χ4v) is 0.985. The summed E-state index contributed by atoms with van der Waals surface area (Å²) < 4.78 is 38.0. The normalized spacial score (nSPS) is 17.2. The second-order valence-corrected chi connectivity index (χ2v) is 2.39. The van der Waals surface area contributed by atoms with E-state index in [2.05, 4.69) is 15.5 Å². The van der Waals surface area contributed by atoms with Gasteiger partial charge in [-0.1, -0.05) is 0 Å². The first-order chi connectivity index (χ1) is 6.11. The predicted molar refractivity (Wildman–Crippen MR) is 38.0 cm³/mol. The molecule has 1 aromatic carbocycles. The average Bonchev–Trinajstić information content (AvgIpc) is 2.36. The Morgan fingerprint density at radius 2 is 2.15 bits per heavy atom. The van der Waals surface area contributed by atoms with Gasteiger partial charge in [-0.15, -0.1) is 8.78 Å². The second kappa shape index (κ2) is 2.48. The van der Waals surface area contributed by atoms with Gasteiger partial charge in [-0.05, 0) is 12.1 Å². The summed E-state index contributed by atoms with van der Waals surface area (Å²) in [4.78, 5) is 0. The maximum absolute atomic E-state index is 12.5. The Balaban J connectivity index is 2.36. The first-order valence-corrected chi connectivity index (χ1v) is 3.47. The highest BCUT2D eigenvalue weighted by Crippen LogP contribution is 2.41. The maximum Gasteiger partial charge on any atom is 0.586 e. The van der Waals surface area contributed by atoms with Crippen LogP contribution in [0.1, 0.15) is 0 Å². The molecule has 0 unspecified atom stereocenters. The van der Waals surface area contributed by atoms with Crippen LogP contribution in [0, 0.1) is 6.07 Å². The van der Waals surface area contributed by atoms with Crippen molar-refractivity contribution in [3.05, 3.63) is 18.2 Å². The van der Waals surface area contributed by atoms with Gasteiger partial charge in [0.25, 0.3) is 0 Å². The van der Waals surface area contributed by atoms with E-state index in [0.717, 1.165) is 0 Å². The molecule has 69 valence electrons. The lowest BCUT2D eigenvalue weighted by molar-refractivity contribution is -0.286. The van der Waals surface area contributed by atoms with E-state index in [-0.39, 0.29) is 11.5 Å². The van der Waals surface area contributed by atoms with Crippen molar-refractivity contribution in [3.63, 3.8) is 0 Å². The van der Waals surface area contributed by atoms with Gasteiger partial charge in [-0.2, -0.15) is 0 Å². The summed E-state index contributed by atoms with van der Waals surface area (Å²) in [5, 5.41) is 0. The summed E-state index contributed by atoms with van der Waals surface area (Å²) >= 11 is 0. The van der Waals surface area contributed by atoms with Gasteiger partial charge in [0.1, 0.15) is 5.75 Å². The number of ether oxygens (including phenoxy) is 3. The lowest BCUT2D eigenvalue weighted by atomic mass is 10.3. The first-order valence-electron chi connectivity index (χ1n) is 3.47. The van der Waals surface area contributed by atoms with Crippen LogP contribution < -0.4 is 14.2 Å². The molecule has 0 amide bonds. The van der Waals surface area contributed by atoms with E-state index in [1.54, 1.807) is 0 Å². The fourth-order valence-electron chi connectivity index (χ4n) is 0.985. The maximum atomic E-state index is 12.5. The van der Waals surface area contributed by atoms with Crippen LogP contribution in [0.25, 0.3) is 0 Å². The zero-order chi connectivity index (χ0) is 9.47. The summed E-state index contributed by atoms with van der Waals surface area (Å²) in [5.41, 5.74) is 0. The van der Waals surface area contributed by atoms with Gasteiger partial charge in [0.05, 0.1) is 13.2 Å². The van der Waals surface area contributed by atoms with E-state index >= 15 is 0 Å². The SMILES string of the molecule is COc1[c]c2c(cc1)OC(F)(F)O2. The van der Waals surface area contributed by atoms with Crippen LogP contribution in [0.5, 0.6) is 17.2 Å². The molecule has 0 aliphatic carbocycles. The third-order valence-corrected chi connectivity index (χ3v) is 1.52. The monoisotopic (exact) mass is 187 g/mol. The number of benzene rings is 1. The molecule has 3 nitrogen and oxygen atoms in total. The average molecular weight is 187 g/mol. The van der Waals surface area contributed by atoms with Crippen LogP contribution in [0.3, 0.4) is 0 Å². The summed E-state index contributed by atoms with van der Waals surface area (Å²) in [6, 6.07) is 5.28. The van der Waals surface area contributed by atoms with Crippen LogP contribution in [0.2, 0.25) is 0 Å². The Labute approximate surface area is 72.8 Å². The standard InChI is InChI=1S/C8H5F2O3/c1-11-5-2-3-6-7(4-5)13-8(9,10)12-6/h2-3H,1H3. The van der Waals surface area contributed by atoms with Crippen molar-refractivity contribution in [2.75, 3.05) is 7.11 Å². The fraction of sp³-hybridized carbons (Fsp3) is 0.250. The van der Waals surface area contributed by atoms with Crippen molar-refractivity contribution < 1.29 is 23.0 Å². The molecule has 0 atom stereocenters. The third kappa shape index (κ3) is 1.37. The number of halogens is 2. The van der Waals surface area contributed by atoms with Crippen molar-refractivity contribution in [2.24, 2.45) is 0 Å². The molecule has 0 saturated heterocycles. The zero-order valence-electron chi connectivity index (χ0n) is 6.64. The minimum atomic E-state index is -3.59. The quantitative estimate of drug-likeness (QED) is 0.671. The molecule has 5 heteroatoms. The predicted octanol–water partition coefficient (Wildman–Crippen LogP) is 1.82. The molecule has 1 aliphatic heterocycles. The van der Waals surface area contributed by atoms with Gasteiger partial charge in [0.2, 0.25) is 0 Å². The van der Waals surface area contributed by atoms with Gasteiger partial charge in [0, 0.05) is 0 Å². The minimum absolute atomic E-state index is 0.0363. The zero-order valence-corrected chi connectivity index (χ0v) is 6.64. The van der Waals surface area contributed by atoms with Gasteiger partial charge in [0.15, 0.2) is 11.5 Å². The van der Waals surface area contributed by atoms with E-state index in [4.69, 9.17) is 4.74 Å². The molecule has 1 aliphatic rings. The van der Waals surface area contributed by atoms with E-state index in [1.165, 1.54) is 19.2 Å². The molecule has 0 bridgehead atoms. The minimum Gasteiger partial charge on any atom is -0.496 e. The third-order valence-electron chi connectivity index (χ3n) is 1.52. The van der Waals surface area contributed by atoms with Gasteiger partial charge >= 0.3 is 6.29 Å². The number of rotatable bonds is 1. The highest BCUT2D eigenvalue weighted by Gasteiger charge is 2.43. The highest BCUT2D eigenvalue weighted by molar-refractivity contribution is 5.46. The molecule has 1 aromatic rings. The lowest BCUT2D eigenvalue weighted by Crippen LogP contribution is -2.25. The molecule has 13 heavy (non-hydrogen) atoms. The molecule has 0 fully saturated rings. The topological polar surface area (TPSA) is 27.7 Å². The molecular weight excluding hydrogens is 182 g/mol. The summed E-state index contributed by atoms with van der Waals surface area (Å²) in [5.74, 6) is 0.148. The van der Waals surface area contributed by atoms with Crippen molar-refractivity contribution in [1.29, 1.82) is 0 Å². The molecule has 0 aromatic heterocycles. The summed E-state index contributed by atoms with van der Waals surface area (Å²) in [6.07, 6.45) is -3.59. The molecule has 0 spiro atoms. The van der Waals surface area contributed by atoms with E-state index < -0.39 is 6.29 Å². The van der Waals surface area contributed by atoms with Crippen molar-refractivity contribution in [1.82, 2.24) is 0 Å². The van der Waals surface area contributed by atoms with Crippen LogP contribution in [-0.4, -0.2) is 13.4 Å². The smallest absolute Gasteiger partial charge is 0.496 e. The van der Waals surface area contributed by atoms with E-state index in [9.17, 15) is 8.78 Å². The molecule has 0 N–H and O–H groups in total. The van der Waals surface area contributed by atoms with E-state index in [1.807, 2.05) is 0 Å². The Hall–Kier alpha value is -1.52. The van der Waals surface area contributed by atoms with Crippen molar-refractivity contribution >= 4 is 0 Å². The van der Waals surface area contributed by atoms with Gasteiger partial charge in [-0.3, -0.25) is 0 Å². The van der Waals surface area contributed by atoms with Crippen LogP contribution in [0.4, 0.5) is 8.78 Å². The molecule has 1 heterocycles. The number of alkyl halides is 2. The summed E-state index contributed by atoms with van der Waals surface area (Å²) in [6.45, 7) is 0. The van der Waals surface area contributed by atoms with Gasteiger partial charge < -0.3 is 14.2 Å². The highest BCUT2D eigenvalue weighted by atomic mass is 19.3. The number of fused-ring (bicyclic) bond motifs is 1. The number of methoxy groups -OCH3 is 1. The largest absolute Gasteiger partial charge is 0.586 e. The Morgan fingerprint density at radius 3 is 2.85 bits per heavy atom. The van der Waals surface area contributed by atoms with Crippen molar-refractivity contribution in [3.8, 4) is 17.2 Å². The lowest BCUT2D eigenvalue weighted by Gasteiger charge is -2.04. The van der Waals surface area contributed by atoms with Crippen molar-refractivity contribution in [2.45, 2.75) is 6.29 Å². The Morgan fingerprint density at radius 1 is 1.38 bits per heavy atom. The molecule has 1 radical (unpaired) electrons. The second-order valence-electron chi connectivity index (χ2n) is 2.39. The molecule has 0 saturated carbocycles. The summed E-state index contributed by atoms with van der Waals surface area (Å²) in [7, 11) is 1.41. The Kier molecular flexibility index (Phi) is 1.55. The van der Waals surface area contributed by atoms with E-state index in [0.29, 0.717) is 5.75 Å². The first kappa shape index (κ1) is 8.10. The van der Waals surface area contributed by atoms with Crippen LogP contribution in [-0.2, 0) is 0 Å². The number of hydrogen-bond acceptors (Lipinski definition) is 3. The van der Waals surface area contributed by atoms with Crippen LogP contribution in [0.15, 0.2) is 12.1 Å². The molecular formula is C8H5F2O3. The molecule has 2 rings (SSSR count).